The van der Waals surface area contributed by atoms with Crippen LogP contribution in [0.25, 0.3) is 0 Å². The fourth-order valence-corrected chi connectivity index (χ4v) is 2.36. The molecule has 1 N–H and O–H groups in total. The molecular weight excluding hydrogens is 236 g/mol. The molecule has 1 aliphatic rings. The lowest BCUT2D eigenvalue weighted by atomic mass is 10.2. The van der Waals surface area contributed by atoms with Gasteiger partial charge in [0.1, 0.15) is 6.04 Å². The first-order chi connectivity index (χ1) is 9.23. The predicted octanol–water partition coefficient (Wildman–Crippen LogP) is 1.68. The zero-order valence-corrected chi connectivity index (χ0v) is 12.9. The van der Waals surface area contributed by atoms with Gasteiger partial charge in [-0.3, -0.25) is 5.32 Å². The van der Waals surface area contributed by atoms with Gasteiger partial charge in [-0.25, -0.2) is 0 Å². The van der Waals surface area contributed by atoms with Crippen LogP contribution in [0.3, 0.4) is 0 Å². The van der Waals surface area contributed by atoms with Crippen molar-refractivity contribution in [3.63, 3.8) is 0 Å². The number of hydrogen-bond donors (Lipinski definition) is 1. The summed E-state index contributed by atoms with van der Waals surface area (Å²) in [5, 5.41) is 12.6. The van der Waals surface area contributed by atoms with Gasteiger partial charge in [0.2, 0.25) is 0 Å². The van der Waals surface area contributed by atoms with E-state index in [9.17, 15) is 5.26 Å². The molecule has 0 bridgehead atoms. The van der Waals surface area contributed by atoms with Gasteiger partial charge >= 0.3 is 0 Å². The Bertz CT molecular complexity index is 266. The number of likely N-dealkylation sites (N-methyl/N-ethyl adjacent to an activating group) is 1. The van der Waals surface area contributed by atoms with E-state index in [2.05, 4.69) is 42.0 Å². The Morgan fingerprint density at radius 3 is 2.16 bits per heavy atom. The Kier molecular flexibility index (Phi) is 8.04. The van der Waals surface area contributed by atoms with Gasteiger partial charge in [-0.1, -0.05) is 20.8 Å². The maximum absolute atomic E-state index is 9.19. The molecule has 0 radical (unpaired) electrons. The van der Waals surface area contributed by atoms with Crippen LogP contribution in [-0.4, -0.2) is 61.2 Å². The van der Waals surface area contributed by atoms with Gasteiger partial charge in [-0.05, 0) is 52.0 Å². The molecule has 19 heavy (non-hydrogen) atoms. The molecule has 1 rings (SSSR count). The van der Waals surface area contributed by atoms with Gasteiger partial charge in [0.15, 0.2) is 0 Å². The van der Waals surface area contributed by atoms with Crippen molar-refractivity contribution in [3.8, 4) is 6.07 Å². The van der Waals surface area contributed by atoms with Crippen molar-refractivity contribution in [3.05, 3.63) is 0 Å². The van der Waals surface area contributed by atoms with E-state index in [0.29, 0.717) is 6.04 Å². The molecule has 1 aliphatic carbocycles. The monoisotopic (exact) mass is 266 g/mol. The van der Waals surface area contributed by atoms with Crippen molar-refractivity contribution in [2.45, 2.75) is 52.1 Å². The molecule has 4 heteroatoms. The molecule has 0 aromatic rings. The third-order valence-corrected chi connectivity index (χ3v) is 3.90. The summed E-state index contributed by atoms with van der Waals surface area (Å²) in [4.78, 5) is 4.85. The number of nitrogens with one attached hydrogen (secondary N) is 1. The first-order valence-corrected chi connectivity index (χ1v) is 7.83. The number of hydrogen-bond acceptors (Lipinski definition) is 4. The second-order valence-electron chi connectivity index (χ2n) is 5.40. The van der Waals surface area contributed by atoms with Crippen LogP contribution >= 0.6 is 0 Å². The van der Waals surface area contributed by atoms with Crippen molar-refractivity contribution in [2.24, 2.45) is 0 Å². The average Bonchev–Trinajstić information content (AvgIpc) is 3.25. The van der Waals surface area contributed by atoms with Gasteiger partial charge in [-0.2, -0.15) is 5.26 Å². The fraction of sp³-hybridized carbons (Fsp3) is 0.933. The maximum Gasteiger partial charge on any atom is 0.108 e. The fourth-order valence-electron chi connectivity index (χ4n) is 2.36. The van der Waals surface area contributed by atoms with Crippen LogP contribution in [0.4, 0.5) is 0 Å². The van der Waals surface area contributed by atoms with Crippen LogP contribution < -0.4 is 5.32 Å². The molecule has 1 saturated carbocycles. The summed E-state index contributed by atoms with van der Waals surface area (Å²) in [6.45, 7) is 13.0. The molecule has 0 spiro atoms. The zero-order valence-electron chi connectivity index (χ0n) is 12.9. The summed E-state index contributed by atoms with van der Waals surface area (Å²) in [5.41, 5.74) is 0. The molecule has 0 saturated heterocycles. The normalized spacial score (nSPS) is 16.8. The molecule has 4 nitrogen and oxygen atoms in total. The van der Waals surface area contributed by atoms with Crippen molar-refractivity contribution in [1.82, 2.24) is 15.1 Å². The number of rotatable bonds is 11. The molecule has 1 atom stereocenters. The van der Waals surface area contributed by atoms with E-state index in [1.807, 2.05) is 0 Å². The first kappa shape index (κ1) is 16.4. The summed E-state index contributed by atoms with van der Waals surface area (Å²) < 4.78 is 0. The molecule has 1 unspecified atom stereocenters. The summed E-state index contributed by atoms with van der Waals surface area (Å²) >= 11 is 0. The van der Waals surface area contributed by atoms with E-state index < -0.39 is 0 Å². The zero-order chi connectivity index (χ0) is 14.1. The molecule has 1 fully saturated rings. The Balaban J connectivity index is 2.21. The van der Waals surface area contributed by atoms with Crippen molar-refractivity contribution in [2.75, 3.05) is 39.3 Å². The highest BCUT2D eigenvalue weighted by atomic mass is 15.2. The van der Waals surface area contributed by atoms with Crippen molar-refractivity contribution >= 4 is 0 Å². The molecule has 0 aromatic heterocycles. The highest BCUT2D eigenvalue weighted by Gasteiger charge is 2.25. The van der Waals surface area contributed by atoms with Gasteiger partial charge in [0.05, 0.1) is 6.07 Å². The highest BCUT2D eigenvalue weighted by molar-refractivity contribution is 4.97. The quantitative estimate of drug-likeness (QED) is 0.618. The standard InChI is InChI=1S/C15H30N4/c1-4-18(5-2)10-7-11-19(6-3)13-15(12-16)17-14-8-9-14/h14-15,17H,4-11,13H2,1-3H3. The largest absolute Gasteiger partial charge is 0.304 e. The first-order valence-electron chi connectivity index (χ1n) is 7.83. The number of nitrogens with zero attached hydrogens (tertiary/aromatic N) is 3. The molecule has 0 aliphatic heterocycles. The second kappa shape index (κ2) is 9.30. The minimum atomic E-state index is 0.000836. The van der Waals surface area contributed by atoms with E-state index in [4.69, 9.17) is 0 Å². The van der Waals surface area contributed by atoms with Crippen LogP contribution in [0.5, 0.6) is 0 Å². The summed E-state index contributed by atoms with van der Waals surface area (Å²) in [7, 11) is 0. The molecule has 0 amide bonds. The summed E-state index contributed by atoms with van der Waals surface area (Å²) in [6.07, 6.45) is 3.68. The van der Waals surface area contributed by atoms with Crippen molar-refractivity contribution < 1.29 is 0 Å². The predicted molar refractivity (Wildman–Crippen MR) is 80.1 cm³/mol. The van der Waals surface area contributed by atoms with Gasteiger partial charge in [0.25, 0.3) is 0 Å². The van der Waals surface area contributed by atoms with Crippen LogP contribution in [0.15, 0.2) is 0 Å². The highest BCUT2D eigenvalue weighted by Crippen LogP contribution is 2.19. The Morgan fingerprint density at radius 2 is 1.68 bits per heavy atom. The van der Waals surface area contributed by atoms with Crippen LogP contribution in [0.2, 0.25) is 0 Å². The number of nitriles is 1. The Labute approximate surface area is 118 Å². The maximum atomic E-state index is 9.19. The third kappa shape index (κ3) is 6.91. The van der Waals surface area contributed by atoms with Crippen molar-refractivity contribution in [1.29, 1.82) is 5.26 Å². The van der Waals surface area contributed by atoms with E-state index in [0.717, 1.165) is 39.3 Å². The van der Waals surface area contributed by atoms with Gasteiger partial charge < -0.3 is 9.80 Å². The molecule has 0 heterocycles. The summed E-state index contributed by atoms with van der Waals surface area (Å²) in [6, 6.07) is 3.01. The van der Waals surface area contributed by atoms with Crippen LogP contribution in [0.1, 0.15) is 40.0 Å². The Morgan fingerprint density at radius 1 is 1.11 bits per heavy atom. The van der Waals surface area contributed by atoms with Crippen LogP contribution in [0, 0.1) is 11.3 Å². The van der Waals surface area contributed by atoms with E-state index in [-0.39, 0.29) is 6.04 Å². The van der Waals surface area contributed by atoms with E-state index in [1.54, 1.807) is 0 Å². The van der Waals surface area contributed by atoms with Gasteiger partial charge in [0, 0.05) is 12.6 Å². The Hall–Kier alpha value is -0.630. The van der Waals surface area contributed by atoms with E-state index >= 15 is 0 Å². The molecular formula is C15H30N4. The lowest BCUT2D eigenvalue weighted by molar-refractivity contribution is 0.234. The van der Waals surface area contributed by atoms with E-state index in [1.165, 1.54) is 19.3 Å². The minimum Gasteiger partial charge on any atom is -0.304 e. The average molecular weight is 266 g/mol. The summed E-state index contributed by atoms with van der Waals surface area (Å²) in [5.74, 6) is 0. The van der Waals surface area contributed by atoms with Gasteiger partial charge in [-0.15, -0.1) is 0 Å². The molecule has 0 aromatic carbocycles. The topological polar surface area (TPSA) is 42.3 Å². The molecule has 110 valence electrons. The van der Waals surface area contributed by atoms with Crippen LogP contribution in [-0.2, 0) is 0 Å². The SMILES string of the molecule is CCN(CC)CCCN(CC)CC(C#N)NC1CC1. The minimum absolute atomic E-state index is 0.000836. The lowest BCUT2D eigenvalue weighted by Gasteiger charge is -2.25. The third-order valence-electron chi connectivity index (χ3n) is 3.90. The smallest absolute Gasteiger partial charge is 0.108 e. The second-order valence-corrected chi connectivity index (χ2v) is 5.40. The lowest BCUT2D eigenvalue weighted by Crippen LogP contribution is -2.42.